The normalized spacial score (nSPS) is 15.6. The third-order valence-corrected chi connectivity index (χ3v) is 7.79. The zero-order valence-corrected chi connectivity index (χ0v) is 20.4. The summed E-state index contributed by atoms with van der Waals surface area (Å²) in [5.41, 5.74) is -0.0692. The van der Waals surface area contributed by atoms with Crippen molar-refractivity contribution < 1.29 is 26.4 Å². The number of hydrogen-bond acceptors (Lipinski definition) is 4. The van der Waals surface area contributed by atoms with Gasteiger partial charge in [-0.1, -0.05) is 48.5 Å². The van der Waals surface area contributed by atoms with Crippen LogP contribution in [0.1, 0.15) is 21.5 Å². The molecule has 36 heavy (non-hydrogen) atoms. The number of alkyl halides is 3. The van der Waals surface area contributed by atoms with Crippen LogP contribution in [0.15, 0.2) is 72.8 Å². The van der Waals surface area contributed by atoms with Gasteiger partial charge in [0.2, 0.25) is 0 Å². The van der Waals surface area contributed by atoms with Crippen LogP contribution in [-0.4, -0.2) is 55.2 Å². The van der Waals surface area contributed by atoms with Gasteiger partial charge in [0.25, 0.3) is 5.91 Å². The smallest absolute Gasteiger partial charge is 0.322 e. The Morgan fingerprint density at radius 2 is 1.56 bits per heavy atom. The molecule has 1 fully saturated rings. The van der Waals surface area contributed by atoms with E-state index in [1.807, 2.05) is 66.4 Å². The number of carbonyl (C=O) groups is 1. The van der Waals surface area contributed by atoms with Crippen molar-refractivity contribution in [2.45, 2.75) is 19.0 Å². The van der Waals surface area contributed by atoms with E-state index in [0.717, 1.165) is 22.3 Å². The quantitative estimate of drug-likeness (QED) is 0.506. The average molecular weight is 518 g/mol. The van der Waals surface area contributed by atoms with Crippen LogP contribution in [0.3, 0.4) is 0 Å². The number of nitrogens with one attached hydrogen (secondary N) is 1. The number of benzene rings is 3. The Labute approximate surface area is 208 Å². The summed E-state index contributed by atoms with van der Waals surface area (Å²) in [4.78, 5) is 14.6. The summed E-state index contributed by atoms with van der Waals surface area (Å²) >= 11 is 0. The van der Waals surface area contributed by atoms with E-state index < -0.39 is 15.5 Å². The van der Waals surface area contributed by atoms with E-state index >= 15 is 0 Å². The van der Waals surface area contributed by atoms with Crippen LogP contribution >= 0.6 is 0 Å². The SMILES string of the molecule is Cc1cc(C(=O)Nc2ccc(CN3CCN(S(=O)(=O)C(F)(F)F)CC3)cc2)ccc1-c1ccccc1. The second-order valence-electron chi connectivity index (χ2n) is 8.67. The predicted octanol–water partition coefficient (Wildman–Crippen LogP) is 4.88. The zero-order valence-electron chi connectivity index (χ0n) is 19.6. The molecule has 3 aromatic rings. The highest BCUT2D eigenvalue weighted by atomic mass is 32.2. The summed E-state index contributed by atoms with van der Waals surface area (Å²) in [6.07, 6.45) is 0. The first-order valence-electron chi connectivity index (χ1n) is 11.4. The van der Waals surface area contributed by atoms with E-state index in [4.69, 9.17) is 0 Å². The summed E-state index contributed by atoms with van der Waals surface area (Å²) in [7, 11) is -5.29. The van der Waals surface area contributed by atoms with Crippen LogP contribution in [0.2, 0.25) is 0 Å². The van der Waals surface area contributed by atoms with Crippen molar-refractivity contribution in [3.05, 3.63) is 89.5 Å². The van der Waals surface area contributed by atoms with E-state index in [1.165, 1.54) is 0 Å². The van der Waals surface area contributed by atoms with Crippen molar-refractivity contribution in [3.63, 3.8) is 0 Å². The van der Waals surface area contributed by atoms with E-state index in [0.29, 0.717) is 22.1 Å². The first-order valence-corrected chi connectivity index (χ1v) is 12.8. The summed E-state index contributed by atoms with van der Waals surface area (Å²) in [5.74, 6) is -0.229. The highest BCUT2D eigenvalue weighted by Crippen LogP contribution is 2.28. The van der Waals surface area contributed by atoms with Gasteiger partial charge in [0.05, 0.1) is 0 Å². The van der Waals surface area contributed by atoms with Crippen molar-refractivity contribution in [2.75, 3.05) is 31.5 Å². The van der Waals surface area contributed by atoms with Crippen LogP contribution in [0.25, 0.3) is 11.1 Å². The van der Waals surface area contributed by atoms with Crippen molar-refractivity contribution in [3.8, 4) is 11.1 Å². The molecule has 0 spiro atoms. The fourth-order valence-electron chi connectivity index (χ4n) is 4.18. The molecule has 1 heterocycles. The number of halogens is 3. The monoisotopic (exact) mass is 517 g/mol. The summed E-state index contributed by atoms with van der Waals surface area (Å²) < 4.78 is 61.8. The third kappa shape index (κ3) is 5.77. The van der Waals surface area contributed by atoms with Crippen LogP contribution < -0.4 is 5.32 Å². The molecule has 0 atom stereocenters. The van der Waals surface area contributed by atoms with Crippen molar-refractivity contribution in [2.24, 2.45) is 0 Å². The summed E-state index contributed by atoms with van der Waals surface area (Å²) in [6.45, 7) is 2.41. The molecule has 190 valence electrons. The first-order chi connectivity index (χ1) is 17.0. The molecule has 0 bridgehead atoms. The standard InChI is InChI=1S/C26H26F3N3O3S/c1-19-17-22(9-12-24(19)21-5-3-2-4-6-21)25(33)30-23-10-7-20(8-11-23)18-31-13-15-32(16-14-31)36(34,35)26(27,28)29/h2-12,17H,13-16,18H2,1H3,(H,30,33). The number of hydrogen-bond donors (Lipinski definition) is 1. The molecular weight excluding hydrogens is 491 g/mol. The highest BCUT2D eigenvalue weighted by Gasteiger charge is 2.50. The van der Waals surface area contributed by atoms with Gasteiger partial charge in [0.15, 0.2) is 0 Å². The molecule has 0 radical (unpaired) electrons. The number of piperazine rings is 1. The molecule has 1 aliphatic rings. The van der Waals surface area contributed by atoms with Gasteiger partial charge >= 0.3 is 15.5 Å². The predicted molar refractivity (Wildman–Crippen MR) is 133 cm³/mol. The number of sulfonamides is 1. The van der Waals surface area contributed by atoms with Crippen LogP contribution in [0.4, 0.5) is 18.9 Å². The Morgan fingerprint density at radius 3 is 2.14 bits per heavy atom. The fraction of sp³-hybridized carbons (Fsp3) is 0.269. The molecule has 1 aliphatic heterocycles. The molecular formula is C26H26F3N3O3S. The second kappa shape index (κ2) is 10.4. The summed E-state index contributed by atoms with van der Waals surface area (Å²) in [5, 5.41) is 2.88. The van der Waals surface area contributed by atoms with E-state index in [9.17, 15) is 26.4 Å². The molecule has 0 aromatic heterocycles. The van der Waals surface area contributed by atoms with Crippen LogP contribution in [-0.2, 0) is 16.6 Å². The van der Waals surface area contributed by atoms with Crippen molar-refractivity contribution in [1.29, 1.82) is 0 Å². The van der Waals surface area contributed by atoms with Gasteiger partial charge in [0.1, 0.15) is 0 Å². The number of rotatable bonds is 6. The zero-order chi connectivity index (χ0) is 25.9. The lowest BCUT2D eigenvalue weighted by atomic mass is 9.98. The molecule has 1 saturated heterocycles. The Kier molecular flexibility index (Phi) is 7.49. The molecule has 0 saturated carbocycles. The molecule has 0 unspecified atom stereocenters. The molecule has 6 nitrogen and oxygen atoms in total. The van der Waals surface area contributed by atoms with Crippen molar-refractivity contribution in [1.82, 2.24) is 9.21 Å². The summed E-state index contributed by atoms with van der Waals surface area (Å²) in [6, 6.07) is 22.7. The Morgan fingerprint density at radius 1 is 0.917 bits per heavy atom. The topological polar surface area (TPSA) is 69.7 Å². The second-order valence-corrected chi connectivity index (χ2v) is 10.6. The maximum absolute atomic E-state index is 12.7. The molecule has 10 heteroatoms. The fourth-order valence-corrected chi connectivity index (χ4v) is 5.11. The van der Waals surface area contributed by atoms with Gasteiger partial charge in [-0.3, -0.25) is 9.69 Å². The van der Waals surface area contributed by atoms with Crippen molar-refractivity contribution >= 4 is 21.6 Å². The minimum absolute atomic E-state index is 0.201. The average Bonchev–Trinajstić information content (AvgIpc) is 2.85. The van der Waals surface area contributed by atoms with Gasteiger partial charge in [-0.05, 0) is 53.4 Å². The molecule has 0 aliphatic carbocycles. The van der Waals surface area contributed by atoms with E-state index in [-0.39, 0.29) is 32.1 Å². The van der Waals surface area contributed by atoms with Crippen LogP contribution in [0, 0.1) is 6.92 Å². The van der Waals surface area contributed by atoms with Gasteiger partial charge in [-0.2, -0.15) is 17.5 Å². The lowest BCUT2D eigenvalue weighted by Crippen LogP contribution is -2.51. The lowest BCUT2D eigenvalue weighted by Gasteiger charge is -2.34. The minimum Gasteiger partial charge on any atom is -0.322 e. The number of amides is 1. The number of anilines is 1. The van der Waals surface area contributed by atoms with Gasteiger partial charge in [0, 0.05) is 44.0 Å². The number of aryl methyl sites for hydroxylation is 1. The number of nitrogens with zero attached hydrogens (tertiary/aromatic N) is 2. The van der Waals surface area contributed by atoms with E-state index in [2.05, 4.69) is 5.32 Å². The Hall–Kier alpha value is -3.21. The highest BCUT2D eigenvalue weighted by molar-refractivity contribution is 7.90. The lowest BCUT2D eigenvalue weighted by molar-refractivity contribution is -0.0500. The minimum atomic E-state index is -5.29. The Balaban J connectivity index is 1.32. The first kappa shape index (κ1) is 25.9. The maximum atomic E-state index is 12.7. The maximum Gasteiger partial charge on any atom is 0.511 e. The largest absolute Gasteiger partial charge is 0.511 e. The number of carbonyl (C=O) groups excluding carboxylic acids is 1. The molecule has 3 aromatic carbocycles. The molecule has 4 rings (SSSR count). The van der Waals surface area contributed by atoms with Gasteiger partial charge < -0.3 is 5.32 Å². The molecule has 1 N–H and O–H groups in total. The van der Waals surface area contributed by atoms with Gasteiger partial charge in [-0.25, -0.2) is 8.42 Å². The molecule has 1 amide bonds. The van der Waals surface area contributed by atoms with Crippen LogP contribution in [0.5, 0.6) is 0 Å². The van der Waals surface area contributed by atoms with Gasteiger partial charge in [-0.15, -0.1) is 0 Å². The van der Waals surface area contributed by atoms with E-state index in [1.54, 1.807) is 18.2 Å². The third-order valence-electron chi connectivity index (χ3n) is 6.16. The Bertz CT molecular complexity index is 1320.